The monoisotopic (exact) mass is 725 g/mol. The largest absolute Gasteiger partial charge is 0.455 e. The lowest BCUT2D eigenvalue weighted by molar-refractivity contribution is 0.447. The summed E-state index contributed by atoms with van der Waals surface area (Å²) < 4.78 is 7.16. The van der Waals surface area contributed by atoms with Gasteiger partial charge < -0.3 is 9.64 Å². The minimum absolute atomic E-state index is 0.581. The summed E-state index contributed by atoms with van der Waals surface area (Å²) in [7, 11) is 0. The number of nitrogens with zero attached hydrogens (tertiary/aromatic N) is 1. The van der Waals surface area contributed by atoms with Gasteiger partial charge >= 0.3 is 0 Å². The molecule has 0 amide bonds. The Morgan fingerprint density at radius 3 is 1.61 bits per heavy atom. The number of anilines is 3. The van der Waals surface area contributed by atoms with Gasteiger partial charge in [0.25, 0.3) is 0 Å². The van der Waals surface area contributed by atoms with Crippen molar-refractivity contribution >= 4 is 49.4 Å². The third-order valence-electron chi connectivity index (χ3n) is 12.3. The molecule has 1 aliphatic heterocycles. The van der Waals surface area contributed by atoms with Gasteiger partial charge in [-0.05, 0) is 85.8 Å². The molecule has 57 heavy (non-hydrogen) atoms. The zero-order chi connectivity index (χ0) is 37.5. The van der Waals surface area contributed by atoms with Crippen LogP contribution in [0.3, 0.4) is 0 Å². The summed E-state index contributed by atoms with van der Waals surface area (Å²) in [5.41, 5.74) is 12.5. The molecule has 2 nitrogen and oxygen atoms in total. The molecule has 0 unspecified atom stereocenters. The molecule has 0 aromatic heterocycles. The SMILES string of the molecule is c1ccc(N(c2ccc3ccccc3c2)c2ccccc2-c2ccc3c(c2)-c2ccccc2C32c3ccc4ccccc4c3Oc3c2ccc2ccccc32)cc1. The average molecular weight is 726 g/mol. The number of ether oxygens (including phenoxy) is 1. The second-order valence-electron chi connectivity index (χ2n) is 15.2. The zero-order valence-corrected chi connectivity index (χ0v) is 31.1. The van der Waals surface area contributed by atoms with Crippen molar-refractivity contribution in [1.82, 2.24) is 0 Å². The molecule has 10 aromatic carbocycles. The van der Waals surface area contributed by atoms with E-state index in [4.69, 9.17) is 4.74 Å². The normalized spacial score (nSPS) is 13.2. The van der Waals surface area contributed by atoms with Crippen molar-refractivity contribution in [1.29, 1.82) is 0 Å². The van der Waals surface area contributed by atoms with E-state index in [1.165, 1.54) is 66.1 Å². The van der Waals surface area contributed by atoms with Crippen LogP contribution in [0.25, 0.3) is 54.6 Å². The van der Waals surface area contributed by atoms with Gasteiger partial charge in [-0.1, -0.05) is 176 Å². The fourth-order valence-electron chi connectivity index (χ4n) is 9.81. The van der Waals surface area contributed by atoms with Crippen LogP contribution in [-0.2, 0) is 5.41 Å². The summed E-state index contributed by atoms with van der Waals surface area (Å²) >= 11 is 0. The molecule has 0 fully saturated rings. The fraction of sp³-hybridized carbons (Fsp3) is 0.0182. The lowest BCUT2D eigenvalue weighted by Gasteiger charge is -2.40. The molecular weight excluding hydrogens is 691 g/mol. The van der Waals surface area contributed by atoms with Crippen LogP contribution in [0, 0.1) is 0 Å². The van der Waals surface area contributed by atoms with Crippen LogP contribution in [0.15, 0.2) is 212 Å². The molecule has 0 N–H and O–H groups in total. The molecule has 0 radical (unpaired) electrons. The van der Waals surface area contributed by atoms with Crippen molar-refractivity contribution in [2.24, 2.45) is 0 Å². The second kappa shape index (κ2) is 12.3. The highest BCUT2D eigenvalue weighted by atomic mass is 16.5. The highest BCUT2D eigenvalue weighted by molar-refractivity contribution is 6.01. The molecule has 1 aliphatic carbocycles. The first kappa shape index (κ1) is 31.9. The second-order valence-corrected chi connectivity index (χ2v) is 15.2. The molecule has 10 aromatic rings. The van der Waals surface area contributed by atoms with Gasteiger partial charge in [0.05, 0.1) is 11.1 Å². The van der Waals surface area contributed by atoms with Crippen molar-refractivity contribution in [3.8, 4) is 33.8 Å². The lowest BCUT2D eigenvalue weighted by Crippen LogP contribution is -2.32. The van der Waals surface area contributed by atoms with Crippen LogP contribution in [0.5, 0.6) is 11.5 Å². The highest BCUT2D eigenvalue weighted by Crippen LogP contribution is 2.64. The smallest absolute Gasteiger partial charge is 0.140 e. The Labute approximate surface area is 331 Å². The summed E-state index contributed by atoms with van der Waals surface area (Å²) in [4.78, 5) is 2.39. The van der Waals surface area contributed by atoms with Crippen LogP contribution in [0.2, 0.25) is 0 Å². The topological polar surface area (TPSA) is 12.5 Å². The highest BCUT2D eigenvalue weighted by Gasteiger charge is 2.51. The summed E-state index contributed by atoms with van der Waals surface area (Å²) in [6.45, 7) is 0. The maximum absolute atomic E-state index is 7.16. The number of hydrogen-bond acceptors (Lipinski definition) is 2. The molecule has 0 saturated heterocycles. The van der Waals surface area contributed by atoms with Crippen LogP contribution < -0.4 is 9.64 Å². The maximum Gasteiger partial charge on any atom is 0.140 e. The number of benzene rings is 10. The van der Waals surface area contributed by atoms with Crippen molar-refractivity contribution in [3.63, 3.8) is 0 Å². The predicted octanol–water partition coefficient (Wildman–Crippen LogP) is 14.8. The third-order valence-corrected chi connectivity index (χ3v) is 12.3. The summed E-state index contributed by atoms with van der Waals surface area (Å²) in [6.07, 6.45) is 0. The van der Waals surface area contributed by atoms with E-state index in [2.05, 4.69) is 217 Å². The molecule has 12 rings (SSSR count). The minimum Gasteiger partial charge on any atom is -0.455 e. The first-order valence-electron chi connectivity index (χ1n) is 19.7. The molecule has 0 bridgehead atoms. The van der Waals surface area contributed by atoms with E-state index >= 15 is 0 Å². The minimum atomic E-state index is -0.581. The number of hydrogen-bond donors (Lipinski definition) is 0. The van der Waals surface area contributed by atoms with Crippen LogP contribution in [-0.4, -0.2) is 0 Å². The predicted molar refractivity (Wildman–Crippen MR) is 236 cm³/mol. The Morgan fingerprint density at radius 2 is 0.877 bits per heavy atom. The van der Waals surface area contributed by atoms with Crippen LogP contribution in [0.4, 0.5) is 17.1 Å². The summed E-state index contributed by atoms with van der Waals surface area (Å²) in [5.74, 6) is 1.87. The van der Waals surface area contributed by atoms with E-state index in [9.17, 15) is 0 Å². The van der Waals surface area contributed by atoms with Gasteiger partial charge in [-0.3, -0.25) is 0 Å². The first-order valence-corrected chi connectivity index (χ1v) is 19.7. The molecule has 2 heteroatoms. The Kier molecular flexibility index (Phi) is 6.88. The van der Waals surface area contributed by atoms with Crippen molar-refractivity contribution in [3.05, 3.63) is 235 Å². The quantitative estimate of drug-likeness (QED) is 0.179. The van der Waals surface area contributed by atoms with Gasteiger partial charge in [0.1, 0.15) is 11.5 Å². The summed E-state index contributed by atoms with van der Waals surface area (Å²) in [5, 5.41) is 7.03. The van der Waals surface area contributed by atoms with E-state index in [0.29, 0.717) is 0 Å². The van der Waals surface area contributed by atoms with Gasteiger partial charge in [-0.25, -0.2) is 0 Å². The van der Waals surface area contributed by atoms with Gasteiger partial charge in [-0.2, -0.15) is 0 Å². The number of para-hydroxylation sites is 2. The van der Waals surface area contributed by atoms with Gasteiger partial charge in [0.2, 0.25) is 0 Å². The molecule has 0 saturated carbocycles. The summed E-state index contributed by atoms with van der Waals surface area (Å²) in [6, 6.07) is 77.5. The van der Waals surface area contributed by atoms with Gasteiger partial charge in [0, 0.05) is 38.8 Å². The van der Waals surface area contributed by atoms with Crippen molar-refractivity contribution in [2.75, 3.05) is 4.90 Å². The molecule has 2 aliphatic rings. The first-order chi connectivity index (χ1) is 28.3. The van der Waals surface area contributed by atoms with Gasteiger partial charge in [-0.15, -0.1) is 0 Å². The van der Waals surface area contributed by atoms with E-state index in [1.54, 1.807) is 0 Å². The Morgan fingerprint density at radius 1 is 0.333 bits per heavy atom. The van der Waals surface area contributed by atoms with Crippen LogP contribution >= 0.6 is 0 Å². The van der Waals surface area contributed by atoms with E-state index < -0.39 is 5.41 Å². The third kappa shape index (κ3) is 4.59. The average Bonchev–Trinajstić information content (AvgIpc) is 3.56. The van der Waals surface area contributed by atoms with E-state index in [-0.39, 0.29) is 0 Å². The molecule has 266 valence electrons. The molecule has 0 atom stereocenters. The van der Waals surface area contributed by atoms with E-state index in [1.807, 2.05) is 0 Å². The van der Waals surface area contributed by atoms with E-state index in [0.717, 1.165) is 39.3 Å². The Hall–Kier alpha value is -7.42. The Balaban J connectivity index is 1.12. The number of rotatable bonds is 4. The Bertz CT molecular complexity index is 3150. The molecule has 1 spiro atoms. The van der Waals surface area contributed by atoms with Crippen LogP contribution in [0.1, 0.15) is 22.3 Å². The van der Waals surface area contributed by atoms with Crippen molar-refractivity contribution in [2.45, 2.75) is 5.41 Å². The van der Waals surface area contributed by atoms with Gasteiger partial charge in [0.15, 0.2) is 0 Å². The van der Waals surface area contributed by atoms with Crippen molar-refractivity contribution < 1.29 is 4.74 Å². The number of fused-ring (bicyclic) bond motifs is 14. The molecule has 1 heterocycles. The lowest BCUT2D eigenvalue weighted by atomic mass is 9.65. The molecular formula is C55H35NO. The fourth-order valence-corrected chi connectivity index (χ4v) is 9.81. The zero-order valence-electron chi connectivity index (χ0n) is 31.1. The standard InChI is InChI=1S/C55H35NO/c1-2-18-41(19-3-1)56(42-30-26-36-14-4-5-17-39(36)34-42)52-25-13-11-20-43(52)40-29-31-49-47(35-40)46-23-10-12-24-48(46)55(49)50-32-27-37-15-6-8-21-44(37)53(50)57-54-45-22-9-7-16-38(45)28-33-51(54)55/h1-35H. The maximum atomic E-state index is 7.16.